The third-order valence-corrected chi connectivity index (χ3v) is 7.48. The highest BCUT2D eigenvalue weighted by molar-refractivity contribution is 7.99. The molecule has 31 heavy (non-hydrogen) atoms. The van der Waals surface area contributed by atoms with Crippen LogP contribution in [0.1, 0.15) is 0 Å². The van der Waals surface area contributed by atoms with Crippen LogP contribution in [0.15, 0.2) is 59.8 Å². The van der Waals surface area contributed by atoms with Crippen LogP contribution in [0.3, 0.4) is 0 Å². The number of hydrogen-bond donors (Lipinski definition) is 0. The maximum atomic E-state index is 12.8. The van der Waals surface area contributed by atoms with Crippen LogP contribution in [0.2, 0.25) is 0 Å². The van der Waals surface area contributed by atoms with Gasteiger partial charge in [0.25, 0.3) is 0 Å². The number of aromatic nitrogens is 4. The molecule has 1 aliphatic heterocycles. The molecule has 0 atom stereocenters. The fourth-order valence-corrected chi connectivity index (χ4v) is 5.47. The lowest BCUT2D eigenvalue weighted by atomic mass is 10.2. The van der Waals surface area contributed by atoms with E-state index in [1.165, 1.54) is 16.5 Å². The van der Waals surface area contributed by atoms with Gasteiger partial charge in [-0.3, -0.25) is 4.79 Å². The molecular weight excluding hydrogens is 428 g/mol. The van der Waals surface area contributed by atoms with Crippen molar-refractivity contribution >= 4 is 44.4 Å². The number of hydrogen-bond acceptors (Lipinski definition) is 7. The minimum atomic E-state index is 0.137. The van der Waals surface area contributed by atoms with Gasteiger partial charge < -0.3 is 14.4 Å². The molecule has 2 aromatic heterocycles. The average Bonchev–Trinajstić information content (AvgIpc) is 3.41. The van der Waals surface area contributed by atoms with Crippen LogP contribution in [0, 0.1) is 0 Å². The zero-order valence-electron chi connectivity index (χ0n) is 17.1. The second-order valence-electron chi connectivity index (χ2n) is 7.35. The minimum absolute atomic E-state index is 0.137. The van der Waals surface area contributed by atoms with Gasteiger partial charge in [0.1, 0.15) is 0 Å². The first kappa shape index (κ1) is 20.0. The number of nitrogens with zero attached hydrogens (tertiary/aromatic N) is 6. The highest BCUT2D eigenvalue weighted by atomic mass is 32.2. The van der Waals surface area contributed by atoms with Crippen molar-refractivity contribution in [1.82, 2.24) is 24.6 Å². The van der Waals surface area contributed by atoms with Crippen molar-refractivity contribution in [3.8, 4) is 11.4 Å². The Labute approximate surface area is 188 Å². The summed E-state index contributed by atoms with van der Waals surface area (Å²) in [6, 6.07) is 18.2. The molecule has 9 heteroatoms. The second kappa shape index (κ2) is 8.68. The number of amides is 1. The topological polar surface area (TPSA) is 67.2 Å². The van der Waals surface area contributed by atoms with Crippen molar-refractivity contribution in [2.45, 2.75) is 5.16 Å². The largest absolute Gasteiger partial charge is 0.345 e. The SMILES string of the molecule is Cn1c(SCC(=O)N2CCN(c3nc4ccccc4s3)CC2)nnc1-c1ccccc1. The number of carbonyl (C=O) groups excluding carboxylic acids is 1. The summed E-state index contributed by atoms with van der Waals surface area (Å²) >= 11 is 3.15. The lowest BCUT2D eigenvalue weighted by Crippen LogP contribution is -2.49. The Morgan fingerprint density at radius 2 is 1.74 bits per heavy atom. The molecule has 0 spiro atoms. The lowest BCUT2D eigenvalue weighted by molar-refractivity contribution is -0.128. The number of piperazine rings is 1. The van der Waals surface area contributed by atoms with Gasteiger partial charge in [0, 0.05) is 38.8 Å². The molecule has 2 aromatic carbocycles. The fourth-order valence-electron chi connectivity index (χ4n) is 3.64. The predicted octanol–water partition coefficient (Wildman–Crippen LogP) is 3.53. The normalized spacial score (nSPS) is 14.4. The number of thioether (sulfide) groups is 1. The Balaban J connectivity index is 1.17. The molecule has 7 nitrogen and oxygen atoms in total. The van der Waals surface area contributed by atoms with Gasteiger partial charge >= 0.3 is 0 Å². The van der Waals surface area contributed by atoms with Crippen molar-refractivity contribution in [2.24, 2.45) is 7.05 Å². The van der Waals surface area contributed by atoms with E-state index in [0.717, 1.165) is 40.3 Å². The first-order valence-corrected chi connectivity index (χ1v) is 11.9. The van der Waals surface area contributed by atoms with Crippen LogP contribution in [-0.4, -0.2) is 62.5 Å². The highest BCUT2D eigenvalue weighted by Crippen LogP contribution is 2.29. The number of rotatable bonds is 5. The van der Waals surface area contributed by atoms with Crippen LogP contribution < -0.4 is 4.90 Å². The molecule has 1 saturated heterocycles. The van der Waals surface area contributed by atoms with E-state index >= 15 is 0 Å². The summed E-state index contributed by atoms with van der Waals surface area (Å²) in [6.07, 6.45) is 0. The number of fused-ring (bicyclic) bond motifs is 1. The van der Waals surface area contributed by atoms with E-state index in [-0.39, 0.29) is 5.91 Å². The van der Waals surface area contributed by atoms with E-state index in [1.807, 2.05) is 65.0 Å². The minimum Gasteiger partial charge on any atom is -0.345 e. The summed E-state index contributed by atoms with van der Waals surface area (Å²) in [5, 5.41) is 10.4. The Morgan fingerprint density at radius 1 is 1.00 bits per heavy atom. The maximum absolute atomic E-state index is 12.8. The number of anilines is 1. The van der Waals surface area contributed by atoms with E-state index in [0.29, 0.717) is 18.8 Å². The zero-order chi connectivity index (χ0) is 21.2. The van der Waals surface area contributed by atoms with Gasteiger partial charge in [0.2, 0.25) is 5.91 Å². The molecule has 0 aliphatic carbocycles. The molecule has 0 bridgehead atoms. The standard InChI is InChI=1S/C22H22N6OS2/c1-26-20(16-7-3-2-4-8-16)24-25-22(26)30-15-19(29)27-11-13-28(14-12-27)21-23-17-9-5-6-10-18(17)31-21/h2-10H,11-15H2,1H3. The molecular formula is C22H22N6OS2. The smallest absolute Gasteiger partial charge is 0.233 e. The molecule has 5 rings (SSSR count). The molecule has 0 N–H and O–H groups in total. The van der Waals surface area contributed by atoms with Crippen molar-refractivity contribution in [3.63, 3.8) is 0 Å². The van der Waals surface area contributed by atoms with Gasteiger partial charge in [-0.15, -0.1) is 10.2 Å². The third kappa shape index (κ3) is 4.15. The molecule has 1 aliphatic rings. The van der Waals surface area contributed by atoms with Gasteiger partial charge in [-0.1, -0.05) is 65.6 Å². The number of thiazole rings is 1. The molecule has 0 radical (unpaired) electrons. The molecule has 3 heterocycles. The van der Waals surface area contributed by atoms with Crippen LogP contribution in [0.4, 0.5) is 5.13 Å². The maximum Gasteiger partial charge on any atom is 0.233 e. The zero-order valence-corrected chi connectivity index (χ0v) is 18.8. The quantitative estimate of drug-likeness (QED) is 0.434. The van der Waals surface area contributed by atoms with Gasteiger partial charge in [-0.2, -0.15) is 0 Å². The van der Waals surface area contributed by atoms with Crippen molar-refractivity contribution in [1.29, 1.82) is 0 Å². The molecule has 158 valence electrons. The van der Waals surface area contributed by atoms with Gasteiger partial charge in [-0.25, -0.2) is 4.98 Å². The first-order chi connectivity index (χ1) is 15.2. The number of carbonyl (C=O) groups is 1. The van der Waals surface area contributed by atoms with Crippen molar-refractivity contribution < 1.29 is 4.79 Å². The molecule has 1 amide bonds. The van der Waals surface area contributed by atoms with Gasteiger partial charge in [-0.05, 0) is 12.1 Å². The van der Waals surface area contributed by atoms with Gasteiger partial charge in [0.15, 0.2) is 16.1 Å². The van der Waals surface area contributed by atoms with Gasteiger partial charge in [0.05, 0.1) is 16.0 Å². The fraction of sp³-hybridized carbons (Fsp3) is 0.273. The molecule has 1 fully saturated rings. The van der Waals surface area contributed by atoms with Crippen LogP contribution in [0.5, 0.6) is 0 Å². The molecule has 0 saturated carbocycles. The summed E-state index contributed by atoms with van der Waals surface area (Å²) in [7, 11) is 1.94. The van der Waals surface area contributed by atoms with Crippen LogP contribution >= 0.6 is 23.1 Å². The predicted molar refractivity (Wildman–Crippen MR) is 126 cm³/mol. The average molecular weight is 451 g/mol. The Kier molecular flexibility index (Phi) is 5.61. The van der Waals surface area contributed by atoms with E-state index < -0.39 is 0 Å². The van der Waals surface area contributed by atoms with Crippen molar-refractivity contribution in [2.75, 3.05) is 36.8 Å². The summed E-state index contributed by atoms with van der Waals surface area (Å²) in [4.78, 5) is 21.7. The number of para-hydroxylation sites is 1. The van der Waals surface area contributed by atoms with E-state index in [4.69, 9.17) is 4.98 Å². The number of benzene rings is 2. The Bertz CT molecular complexity index is 1160. The molecule has 4 aromatic rings. The Morgan fingerprint density at radius 3 is 2.52 bits per heavy atom. The third-order valence-electron chi connectivity index (χ3n) is 5.38. The summed E-state index contributed by atoms with van der Waals surface area (Å²) in [5.41, 5.74) is 2.05. The summed E-state index contributed by atoms with van der Waals surface area (Å²) < 4.78 is 3.14. The van der Waals surface area contributed by atoms with Crippen LogP contribution in [-0.2, 0) is 11.8 Å². The monoisotopic (exact) mass is 450 g/mol. The van der Waals surface area contributed by atoms with Crippen LogP contribution in [0.25, 0.3) is 21.6 Å². The Hall–Kier alpha value is -2.91. The van der Waals surface area contributed by atoms with Crippen molar-refractivity contribution in [3.05, 3.63) is 54.6 Å². The lowest BCUT2D eigenvalue weighted by Gasteiger charge is -2.34. The first-order valence-electron chi connectivity index (χ1n) is 10.1. The van der Waals surface area contributed by atoms with E-state index in [9.17, 15) is 4.79 Å². The summed E-state index contributed by atoms with van der Waals surface area (Å²) in [6.45, 7) is 3.03. The highest BCUT2D eigenvalue weighted by Gasteiger charge is 2.23. The molecule has 0 unspecified atom stereocenters. The van der Waals surface area contributed by atoms with E-state index in [2.05, 4.69) is 21.2 Å². The summed E-state index contributed by atoms with van der Waals surface area (Å²) in [5.74, 6) is 1.31. The van der Waals surface area contributed by atoms with E-state index in [1.54, 1.807) is 11.3 Å². The second-order valence-corrected chi connectivity index (χ2v) is 9.30.